The highest BCUT2D eigenvalue weighted by molar-refractivity contribution is 5.94. The number of benzene rings is 3. The van der Waals surface area contributed by atoms with E-state index in [0.717, 1.165) is 6.07 Å². The summed E-state index contributed by atoms with van der Waals surface area (Å²) in [7, 11) is 0. The van der Waals surface area contributed by atoms with E-state index in [9.17, 15) is 23.1 Å². The number of hydrogen-bond acceptors (Lipinski definition) is 6. The standard InChI is InChI=1S/C27H20F3N3O4/c28-27(29,30)18-5-7-21-15(12-18)2-1-9-33(21)25-24(16-4-8-22-23(14-16)37-11-10-36-22)31-19-6-3-17(26(34)35)13-20(19)32-25/h3-8,12-14H,1-2,9-11H2,(H,34,35). The van der Waals surface area contributed by atoms with Crippen molar-refractivity contribution >= 4 is 28.5 Å². The Morgan fingerprint density at radius 2 is 1.73 bits per heavy atom. The van der Waals surface area contributed by atoms with Crippen molar-refractivity contribution < 1.29 is 32.5 Å². The lowest BCUT2D eigenvalue weighted by molar-refractivity contribution is -0.137. The molecule has 2 aliphatic rings. The molecule has 6 rings (SSSR count). The Morgan fingerprint density at radius 3 is 2.51 bits per heavy atom. The van der Waals surface area contributed by atoms with Gasteiger partial charge in [0, 0.05) is 17.8 Å². The Morgan fingerprint density at radius 1 is 0.919 bits per heavy atom. The molecule has 3 aromatic carbocycles. The van der Waals surface area contributed by atoms with E-state index in [2.05, 4.69) is 0 Å². The molecule has 0 atom stereocenters. The van der Waals surface area contributed by atoms with Crippen LogP contribution in [0.4, 0.5) is 24.7 Å². The molecule has 0 spiro atoms. The molecule has 2 aliphatic heterocycles. The maximum absolute atomic E-state index is 13.4. The van der Waals surface area contributed by atoms with E-state index in [4.69, 9.17) is 19.4 Å². The first kappa shape index (κ1) is 23.1. The molecule has 7 nitrogen and oxygen atoms in total. The van der Waals surface area contributed by atoms with Crippen molar-refractivity contribution in [1.29, 1.82) is 0 Å². The number of aromatic carboxylic acids is 1. The van der Waals surface area contributed by atoms with Crippen molar-refractivity contribution in [2.24, 2.45) is 0 Å². The van der Waals surface area contributed by atoms with Gasteiger partial charge in [-0.25, -0.2) is 14.8 Å². The minimum atomic E-state index is -4.44. The largest absolute Gasteiger partial charge is 0.486 e. The summed E-state index contributed by atoms with van der Waals surface area (Å²) in [6.07, 6.45) is -3.33. The molecule has 37 heavy (non-hydrogen) atoms. The third-order valence-electron chi connectivity index (χ3n) is 6.49. The van der Waals surface area contributed by atoms with Gasteiger partial charge in [0.1, 0.15) is 18.9 Å². The molecule has 4 aromatic rings. The molecule has 0 saturated carbocycles. The summed E-state index contributed by atoms with van der Waals surface area (Å²) < 4.78 is 51.5. The number of hydrogen-bond donors (Lipinski definition) is 1. The summed E-state index contributed by atoms with van der Waals surface area (Å²) in [6, 6.07) is 13.6. The summed E-state index contributed by atoms with van der Waals surface area (Å²) in [5.74, 6) is 0.502. The molecule has 1 N–H and O–H groups in total. The SMILES string of the molecule is O=C(O)c1ccc2nc(-c3ccc4c(c3)OCCO4)c(N3CCCc4cc(C(F)(F)F)ccc43)nc2c1. The first-order valence-electron chi connectivity index (χ1n) is 11.7. The van der Waals surface area contributed by atoms with E-state index in [1.165, 1.54) is 24.3 Å². The average Bonchev–Trinajstić information content (AvgIpc) is 2.90. The molecule has 1 aromatic heterocycles. The minimum Gasteiger partial charge on any atom is -0.486 e. The number of anilines is 2. The van der Waals surface area contributed by atoms with Crippen molar-refractivity contribution in [3.05, 3.63) is 71.3 Å². The third kappa shape index (κ3) is 4.18. The number of carboxylic acid groups (broad SMARTS) is 1. The normalized spacial score (nSPS) is 14.9. The third-order valence-corrected chi connectivity index (χ3v) is 6.49. The van der Waals surface area contributed by atoms with Gasteiger partial charge in [-0.1, -0.05) is 0 Å². The van der Waals surface area contributed by atoms with Crippen LogP contribution in [-0.2, 0) is 12.6 Å². The van der Waals surface area contributed by atoms with E-state index in [1.807, 2.05) is 11.0 Å². The van der Waals surface area contributed by atoms with Crippen LogP contribution in [0.5, 0.6) is 11.5 Å². The molecule has 0 fully saturated rings. The number of aromatic nitrogens is 2. The summed E-state index contributed by atoms with van der Waals surface area (Å²) in [4.78, 5) is 23.0. The van der Waals surface area contributed by atoms with Crippen molar-refractivity contribution in [3.63, 3.8) is 0 Å². The topological polar surface area (TPSA) is 84.8 Å². The molecule has 3 heterocycles. The molecule has 10 heteroatoms. The van der Waals surface area contributed by atoms with Gasteiger partial charge in [-0.15, -0.1) is 0 Å². The number of nitrogens with zero attached hydrogens (tertiary/aromatic N) is 3. The summed E-state index contributed by atoms with van der Waals surface area (Å²) in [5.41, 5.74) is 2.59. The maximum Gasteiger partial charge on any atom is 0.416 e. The second-order valence-electron chi connectivity index (χ2n) is 8.86. The number of fused-ring (bicyclic) bond motifs is 3. The smallest absolute Gasteiger partial charge is 0.416 e. The fourth-order valence-electron chi connectivity index (χ4n) is 4.74. The maximum atomic E-state index is 13.4. The van der Waals surface area contributed by atoms with Crippen molar-refractivity contribution in [1.82, 2.24) is 9.97 Å². The van der Waals surface area contributed by atoms with Gasteiger partial charge in [-0.05, 0) is 73.0 Å². The average molecular weight is 507 g/mol. The Hall–Kier alpha value is -4.34. The summed E-state index contributed by atoms with van der Waals surface area (Å²) >= 11 is 0. The zero-order valence-electron chi connectivity index (χ0n) is 19.4. The van der Waals surface area contributed by atoms with Crippen LogP contribution in [0.15, 0.2) is 54.6 Å². The van der Waals surface area contributed by atoms with E-state index < -0.39 is 17.7 Å². The van der Waals surface area contributed by atoms with E-state index in [-0.39, 0.29) is 5.56 Å². The second kappa shape index (κ2) is 8.65. The highest BCUT2D eigenvalue weighted by Crippen LogP contribution is 2.42. The van der Waals surface area contributed by atoms with Gasteiger partial charge >= 0.3 is 12.1 Å². The number of aryl methyl sites for hydroxylation is 1. The Bertz CT molecular complexity index is 1550. The molecule has 0 saturated heterocycles. The molecular formula is C27H20F3N3O4. The highest BCUT2D eigenvalue weighted by atomic mass is 19.4. The number of carboxylic acids is 1. The molecule has 0 aliphatic carbocycles. The van der Waals surface area contributed by atoms with Gasteiger partial charge in [0.15, 0.2) is 17.3 Å². The van der Waals surface area contributed by atoms with Crippen LogP contribution in [0.25, 0.3) is 22.3 Å². The Balaban J connectivity index is 1.55. The first-order chi connectivity index (χ1) is 17.8. The van der Waals surface area contributed by atoms with E-state index >= 15 is 0 Å². The van der Waals surface area contributed by atoms with E-state index in [0.29, 0.717) is 83.5 Å². The van der Waals surface area contributed by atoms with Gasteiger partial charge in [0.05, 0.1) is 22.2 Å². The van der Waals surface area contributed by atoms with Crippen molar-refractivity contribution in [2.45, 2.75) is 19.0 Å². The predicted molar refractivity (Wildman–Crippen MR) is 130 cm³/mol. The Labute approximate surface area is 209 Å². The molecule has 0 amide bonds. The summed E-state index contributed by atoms with van der Waals surface area (Å²) in [6.45, 7) is 1.37. The molecule has 0 radical (unpaired) electrons. The summed E-state index contributed by atoms with van der Waals surface area (Å²) in [5, 5.41) is 9.45. The number of alkyl halides is 3. The lowest BCUT2D eigenvalue weighted by atomic mass is 9.98. The molecule has 0 bridgehead atoms. The van der Waals surface area contributed by atoms with Gasteiger partial charge in [-0.3, -0.25) is 0 Å². The lowest BCUT2D eigenvalue weighted by Crippen LogP contribution is -2.27. The minimum absolute atomic E-state index is 0.0636. The second-order valence-corrected chi connectivity index (χ2v) is 8.86. The quantitative estimate of drug-likeness (QED) is 0.371. The fraction of sp³-hybridized carbons (Fsp3) is 0.222. The number of ether oxygens (including phenoxy) is 2. The zero-order valence-corrected chi connectivity index (χ0v) is 19.4. The van der Waals surface area contributed by atoms with Gasteiger partial charge in [0.2, 0.25) is 0 Å². The van der Waals surface area contributed by atoms with Crippen LogP contribution in [0.3, 0.4) is 0 Å². The fourth-order valence-corrected chi connectivity index (χ4v) is 4.74. The zero-order chi connectivity index (χ0) is 25.7. The Kier molecular flexibility index (Phi) is 5.40. The molecular weight excluding hydrogens is 487 g/mol. The van der Waals surface area contributed by atoms with Gasteiger partial charge in [0.25, 0.3) is 0 Å². The molecule has 0 unspecified atom stereocenters. The van der Waals surface area contributed by atoms with Crippen LogP contribution in [0, 0.1) is 0 Å². The van der Waals surface area contributed by atoms with Crippen LogP contribution in [0.2, 0.25) is 0 Å². The number of halogens is 3. The lowest BCUT2D eigenvalue weighted by Gasteiger charge is -2.32. The first-order valence-corrected chi connectivity index (χ1v) is 11.7. The van der Waals surface area contributed by atoms with Crippen molar-refractivity contribution in [3.8, 4) is 22.8 Å². The highest BCUT2D eigenvalue weighted by Gasteiger charge is 2.33. The number of carbonyl (C=O) groups is 1. The van der Waals surface area contributed by atoms with Crippen LogP contribution >= 0.6 is 0 Å². The van der Waals surface area contributed by atoms with Crippen LogP contribution in [-0.4, -0.2) is 40.8 Å². The van der Waals surface area contributed by atoms with Crippen molar-refractivity contribution in [2.75, 3.05) is 24.7 Å². The van der Waals surface area contributed by atoms with Crippen LogP contribution in [0.1, 0.15) is 27.9 Å². The monoisotopic (exact) mass is 507 g/mol. The van der Waals surface area contributed by atoms with Gasteiger partial charge < -0.3 is 19.5 Å². The van der Waals surface area contributed by atoms with Crippen LogP contribution < -0.4 is 14.4 Å². The predicted octanol–water partition coefficient (Wildman–Crippen LogP) is 5.87. The van der Waals surface area contributed by atoms with E-state index in [1.54, 1.807) is 18.2 Å². The van der Waals surface area contributed by atoms with Gasteiger partial charge in [-0.2, -0.15) is 13.2 Å². The number of rotatable bonds is 3. The molecule has 188 valence electrons.